The Balaban J connectivity index is 2.15. The van der Waals surface area contributed by atoms with Gasteiger partial charge in [-0.2, -0.15) is 0 Å². The molecule has 0 bridgehead atoms. The molecule has 1 aromatic heterocycles. The minimum absolute atomic E-state index is 0.161. The molecule has 0 aliphatic carbocycles. The Hall–Kier alpha value is -2.78. The summed E-state index contributed by atoms with van der Waals surface area (Å²) in [7, 11) is -0.811. The second-order valence-electron chi connectivity index (χ2n) is 6.13. The maximum atomic E-state index is 12.9. The molecule has 3 N–H and O–H groups in total. The van der Waals surface area contributed by atoms with Crippen molar-refractivity contribution in [3.63, 3.8) is 0 Å². The van der Waals surface area contributed by atoms with Gasteiger partial charge >= 0.3 is 0 Å². The van der Waals surface area contributed by atoms with E-state index in [1.807, 2.05) is 13.8 Å². The number of aromatic nitrogens is 1. The third-order valence-corrected chi connectivity index (χ3v) is 6.35. The van der Waals surface area contributed by atoms with Gasteiger partial charge in [-0.05, 0) is 32.0 Å². The number of nitrogens with two attached hydrogens (primary N) is 1. The zero-order chi connectivity index (χ0) is 20.5. The van der Waals surface area contributed by atoms with E-state index >= 15 is 0 Å². The van der Waals surface area contributed by atoms with Crippen molar-refractivity contribution in [2.45, 2.75) is 18.7 Å². The summed E-state index contributed by atoms with van der Waals surface area (Å²) >= 11 is 1.33. The fourth-order valence-corrected chi connectivity index (χ4v) is 4.52. The molecule has 0 radical (unpaired) electrons. The summed E-state index contributed by atoms with van der Waals surface area (Å²) in [4.78, 5) is 5.37. The van der Waals surface area contributed by atoms with Crippen molar-refractivity contribution in [1.82, 2.24) is 4.98 Å². The number of nitrogens with zero attached hydrogens (tertiary/aromatic N) is 1. The molecule has 0 fully saturated rings. The predicted molar refractivity (Wildman–Crippen MR) is 112 cm³/mol. The van der Waals surface area contributed by atoms with Crippen LogP contribution in [0.1, 0.15) is 10.4 Å². The zero-order valence-corrected chi connectivity index (χ0v) is 17.6. The number of rotatable bonds is 6. The van der Waals surface area contributed by atoms with E-state index in [2.05, 4.69) is 9.71 Å². The van der Waals surface area contributed by atoms with Gasteiger partial charge in [0.05, 0.1) is 30.5 Å². The second-order valence-corrected chi connectivity index (χ2v) is 9.05. The smallest absolute Gasteiger partial charge is 0.261 e. The van der Waals surface area contributed by atoms with E-state index in [-0.39, 0.29) is 4.90 Å². The van der Waals surface area contributed by atoms with E-state index in [4.69, 9.17) is 15.2 Å². The Labute approximate surface area is 168 Å². The first-order valence-electron chi connectivity index (χ1n) is 8.34. The molecule has 148 valence electrons. The van der Waals surface area contributed by atoms with Gasteiger partial charge in [-0.3, -0.25) is 4.72 Å². The largest absolute Gasteiger partial charge is 0.493 e. The summed E-state index contributed by atoms with van der Waals surface area (Å²) in [6, 6.07) is 9.88. The summed E-state index contributed by atoms with van der Waals surface area (Å²) in [5.41, 5.74) is 8.28. The van der Waals surface area contributed by atoms with Crippen molar-refractivity contribution in [1.29, 1.82) is 0 Å². The van der Waals surface area contributed by atoms with Gasteiger partial charge in [0.2, 0.25) is 0 Å². The highest BCUT2D eigenvalue weighted by atomic mass is 32.2. The molecule has 0 unspecified atom stereocenters. The molecule has 0 aliphatic heterocycles. The molecule has 3 aromatic rings. The fourth-order valence-electron chi connectivity index (χ4n) is 2.75. The molecule has 2 aromatic carbocycles. The van der Waals surface area contributed by atoms with Gasteiger partial charge in [0.25, 0.3) is 10.0 Å². The Morgan fingerprint density at radius 2 is 1.64 bits per heavy atom. The average Bonchev–Trinajstić information content (AvgIpc) is 2.99. The molecule has 7 nitrogen and oxygen atoms in total. The molecule has 9 heteroatoms. The molecule has 0 spiro atoms. The maximum absolute atomic E-state index is 12.9. The molecular formula is C19H21N3O4S2. The van der Waals surface area contributed by atoms with Crippen LogP contribution in [0.3, 0.4) is 0 Å². The number of nitrogens with one attached hydrogen (secondary N) is 1. The summed E-state index contributed by atoms with van der Waals surface area (Å²) in [5, 5.41) is 0.398. The summed E-state index contributed by atoms with van der Waals surface area (Å²) < 4.78 is 39.2. The molecule has 1 heterocycles. The van der Waals surface area contributed by atoms with Gasteiger partial charge in [-0.25, -0.2) is 13.4 Å². The van der Waals surface area contributed by atoms with Crippen molar-refractivity contribution in [3.8, 4) is 22.8 Å². The second kappa shape index (κ2) is 7.69. The molecule has 0 amide bonds. The number of nitrogen functional groups attached to an aromatic ring is 1. The van der Waals surface area contributed by atoms with E-state index < -0.39 is 10.0 Å². The Bertz CT molecular complexity index is 1110. The van der Waals surface area contributed by atoms with Crippen molar-refractivity contribution >= 4 is 32.2 Å². The van der Waals surface area contributed by atoms with Crippen LogP contribution in [0.2, 0.25) is 0 Å². The van der Waals surface area contributed by atoms with Crippen LogP contribution in [0.25, 0.3) is 11.3 Å². The van der Waals surface area contributed by atoms with Crippen molar-refractivity contribution in [2.75, 3.05) is 24.7 Å². The maximum Gasteiger partial charge on any atom is 0.261 e. The topological polar surface area (TPSA) is 104 Å². The Morgan fingerprint density at radius 3 is 2.18 bits per heavy atom. The van der Waals surface area contributed by atoms with Crippen molar-refractivity contribution in [2.24, 2.45) is 0 Å². The number of anilines is 2. The zero-order valence-electron chi connectivity index (χ0n) is 15.9. The minimum Gasteiger partial charge on any atom is -0.493 e. The van der Waals surface area contributed by atoms with Gasteiger partial charge in [-0.1, -0.05) is 17.7 Å². The van der Waals surface area contributed by atoms with Crippen LogP contribution >= 0.6 is 11.3 Å². The lowest BCUT2D eigenvalue weighted by molar-refractivity contribution is 0.355. The number of hydrogen-bond donors (Lipinski definition) is 2. The molecule has 0 saturated carbocycles. The molecule has 0 aliphatic rings. The number of aryl methyl sites for hydroxylation is 2. The van der Waals surface area contributed by atoms with E-state index in [0.29, 0.717) is 33.6 Å². The van der Waals surface area contributed by atoms with Crippen LogP contribution in [0.4, 0.5) is 10.8 Å². The lowest BCUT2D eigenvalue weighted by Crippen LogP contribution is -2.14. The predicted octanol–water partition coefficient (Wildman–Crippen LogP) is 3.83. The van der Waals surface area contributed by atoms with Crippen molar-refractivity contribution in [3.05, 3.63) is 46.8 Å². The Kier molecular flexibility index (Phi) is 5.48. The molecule has 3 rings (SSSR count). The third kappa shape index (κ3) is 3.90. The van der Waals surface area contributed by atoms with E-state index in [1.165, 1.54) is 25.6 Å². The van der Waals surface area contributed by atoms with E-state index in [0.717, 1.165) is 10.4 Å². The van der Waals surface area contributed by atoms with Gasteiger partial charge < -0.3 is 15.2 Å². The summed E-state index contributed by atoms with van der Waals surface area (Å²) in [5.74, 6) is 0.857. The highest BCUT2D eigenvalue weighted by Gasteiger charge is 2.22. The number of benzene rings is 2. The number of ether oxygens (including phenoxy) is 2. The van der Waals surface area contributed by atoms with E-state index in [1.54, 1.807) is 36.4 Å². The van der Waals surface area contributed by atoms with Crippen LogP contribution in [-0.4, -0.2) is 27.6 Å². The van der Waals surface area contributed by atoms with Gasteiger partial charge in [0.15, 0.2) is 16.6 Å². The first-order valence-corrected chi connectivity index (χ1v) is 10.6. The first-order chi connectivity index (χ1) is 13.2. The summed E-state index contributed by atoms with van der Waals surface area (Å²) in [6.45, 7) is 3.77. The van der Waals surface area contributed by atoms with Crippen LogP contribution in [0.5, 0.6) is 11.5 Å². The monoisotopic (exact) mass is 419 g/mol. The van der Waals surface area contributed by atoms with Crippen LogP contribution in [0, 0.1) is 13.8 Å². The fraction of sp³-hybridized carbons (Fsp3) is 0.211. The third-order valence-electron chi connectivity index (χ3n) is 4.17. The molecule has 28 heavy (non-hydrogen) atoms. The lowest BCUT2D eigenvalue weighted by Gasteiger charge is -2.16. The van der Waals surface area contributed by atoms with Crippen LogP contribution < -0.4 is 19.9 Å². The molecular weight excluding hydrogens is 398 g/mol. The minimum atomic E-state index is -3.81. The van der Waals surface area contributed by atoms with Crippen LogP contribution in [-0.2, 0) is 10.0 Å². The number of methoxy groups -OCH3 is 2. The SMILES string of the molecule is COc1cc(NS(=O)(=O)c2ccc(C)cc2)c(-c2nc(N)sc2C)cc1OC. The highest BCUT2D eigenvalue weighted by molar-refractivity contribution is 7.92. The number of hydrogen-bond acceptors (Lipinski definition) is 7. The van der Waals surface area contributed by atoms with Crippen LogP contribution in [0.15, 0.2) is 41.3 Å². The van der Waals surface area contributed by atoms with Gasteiger partial charge in [-0.15, -0.1) is 11.3 Å². The first kappa shape index (κ1) is 20.0. The normalized spacial score (nSPS) is 11.3. The summed E-state index contributed by atoms with van der Waals surface area (Å²) in [6.07, 6.45) is 0. The molecule has 0 atom stereocenters. The van der Waals surface area contributed by atoms with Crippen molar-refractivity contribution < 1.29 is 17.9 Å². The standard InChI is InChI=1S/C19H21N3O4S2/c1-11-5-7-13(8-6-11)28(23,24)22-15-10-17(26-4)16(25-3)9-14(15)18-12(2)27-19(20)21-18/h5-10,22H,1-4H3,(H2,20,21). The number of sulfonamides is 1. The lowest BCUT2D eigenvalue weighted by atomic mass is 10.1. The number of thiazole rings is 1. The van der Waals surface area contributed by atoms with Gasteiger partial charge in [0, 0.05) is 16.5 Å². The molecule has 0 saturated heterocycles. The average molecular weight is 420 g/mol. The van der Waals surface area contributed by atoms with Gasteiger partial charge in [0.1, 0.15) is 0 Å². The quantitative estimate of drug-likeness (QED) is 0.629. The highest BCUT2D eigenvalue weighted by Crippen LogP contribution is 2.41. The Morgan fingerprint density at radius 1 is 1.04 bits per heavy atom. The van der Waals surface area contributed by atoms with E-state index in [9.17, 15) is 8.42 Å².